The summed E-state index contributed by atoms with van der Waals surface area (Å²) in [7, 11) is 0. The zero-order valence-electron chi connectivity index (χ0n) is 19.2. The van der Waals surface area contributed by atoms with Crippen molar-refractivity contribution in [2.45, 2.75) is 26.9 Å². The van der Waals surface area contributed by atoms with Gasteiger partial charge < -0.3 is 5.11 Å². The number of aromatic amines is 1. The van der Waals surface area contributed by atoms with E-state index in [1.54, 1.807) is 39.5 Å². The number of aromatic hydroxyl groups is 1. The van der Waals surface area contributed by atoms with Crippen molar-refractivity contribution in [3.05, 3.63) is 97.5 Å². The van der Waals surface area contributed by atoms with E-state index >= 15 is 0 Å². The van der Waals surface area contributed by atoms with Gasteiger partial charge in [0.05, 0.1) is 22.4 Å². The van der Waals surface area contributed by atoms with Crippen LogP contribution in [0.15, 0.2) is 80.0 Å². The van der Waals surface area contributed by atoms with E-state index in [2.05, 4.69) is 9.98 Å². The molecule has 0 bridgehead atoms. The number of imidazole rings is 1. The number of rotatable bonds is 5. The van der Waals surface area contributed by atoms with Crippen LogP contribution in [-0.4, -0.2) is 30.0 Å². The van der Waals surface area contributed by atoms with Crippen molar-refractivity contribution in [1.29, 1.82) is 0 Å². The van der Waals surface area contributed by atoms with Gasteiger partial charge in [0.2, 0.25) is 5.88 Å². The minimum atomic E-state index is -0.754. The van der Waals surface area contributed by atoms with Crippen molar-refractivity contribution in [1.82, 2.24) is 18.7 Å². The molecule has 0 fully saturated rings. The van der Waals surface area contributed by atoms with Crippen LogP contribution in [0.4, 0.5) is 5.69 Å². The second kappa shape index (κ2) is 8.60. The third kappa shape index (κ3) is 3.57. The smallest absolute Gasteiger partial charge is 0.335 e. The van der Waals surface area contributed by atoms with Crippen molar-refractivity contribution in [3.8, 4) is 11.6 Å². The number of nitrogens with one attached hydrogen (secondary N) is 1. The monoisotopic (exact) mass is 469 g/mol. The van der Waals surface area contributed by atoms with Gasteiger partial charge in [-0.05, 0) is 43.5 Å². The van der Waals surface area contributed by atoms with Gasteiger partial charge in [-0.25, -0.2) is 14.2 Å². The number of benzene rings is 3. The Morgan fingerprint density at radius 3 is 2.40 bits per heavy atom. The Bertz CT molecular complexity index is 1800. The first-order valence-electron chi connectivity index (χ1n) is 11.3. The van der Waals surface area contributed by atoms with Crippen molar-refractivity contribution < 1.29 is 5.11 Å². The summed E-state index contributed by atoms with van der Waals surface area (Å²) < 4.78 is 4.40. The number of aryl methyl sites for hydroxylation is 2. The Balaban J connectivity index is 1.65. The van der Waals surface area contributed by atoms with Gasteiger partial charge in [0.25, 0.3) is 5.56 Å². The summed E-state index contributed by atoms with van der Waals surface area (Å²) in [4.78, 5) is 44.5. The number of H-pyrrole nitrogens is 1. The first kappa shape index (κ1) is 22.1. The molecule has 9 nitrogen and oxygen atoms in total. The molecule has 2 aromatic heterocycles. The Morgan fingerprint density at radius 1 is 0.914 bits per heavy atom. The SMILES string of the molecule is CCn1c(=O)n(CC)c2cc(N=Cc3c(O)n(-c4cccc5ccccc45)c(=O)[nH]c3=O)ccc21. The molecule has 0 saturated carbocycles. The van der Waals surface area contributed by atoms with Crippen LogP contribution >= 0.6 is 0 Å². The van der Waals surface area contributed by atoms with Crippen LogP contribution in [0.3, 0.4) is 0 Å². The number of nitrogens with zero attached hydrogens (tertiary/aromatic N) is 4. The molecule has 0 aliphatic rings. The highest BCUT2D eigenvalue weighted by Crippen LogP contribution is 2.25. The normalized spacial score (nSPS) is 11.7. The molecule has 5 aromatic rings. The summed E-state index contributed by atoms with van der Waals surface area (Å²) in [6.45, 7) is 4.85. The molecule has 0 unspecified atom stereocenters. The van der Waals surface area contributed by atoms with E-state index < -0.39 is 17.1 Å². The Kier molecular flexibility index (Phi) is 5.44. The summed E-state index contributed by atoms with van der Waals surface area (Å²) in [6.07, 6.45) is 1.22. The maximum absolute atomic E-state index is 12.7. The van der Waals surface area contributed by atoms with Crippen LogP contribution in [0.1, 0.15) is 19.4 Å². The van der Waals surface area contributed by atoms with E-state index in [1.165, 1.54) is 6.21 Å². The summed E-state index contributed by atoms with van der Waals surface area (Å²) in [5.41, 5.74) is 0.697. The van der Waals surface area contributed by atoms with E-state index in [0.29, 0.717) is 24.5 Å². The molecule has 0 amide bonds. The van der Waals surface area contributed by atoms with Crippen molar-refractivity contribution in [2.75, 3.05) is 0 Å². The first-order chi connectivity index (χ1) is 16.9. The topological polar surface area (TPSA) is 114 Å². The van der Waals surface area contributed by atoms with Crippen LogP contribution in [0.2, 0.25) is 0 Å². The average Bonchev–Trinajstić information content (AvgIpc) is 3.13. The maximum Gasteiger partial charge on any atom is 0.335 e. The van der Waals surface area contributed by atoms with Gasteiger partial charge in [0.15, 0.2) is 0 Å². The fourth-order valence-corrected chi connectivity index (χ4v) is 4.42. The van der Waals surface area contributed by atoms with Gasteiger partial charge >= 0.3 is 11.4 Å². The molecule has 9 heteroatoms. The van der Waals surface area contributed by atoms with Gasteiger partial charge in [-0.1, -0.05) is 36.4 Å². The van der Waals surface area contributed by atoms with Gasteiger partial charge in [0.1, 0.15) is 5.56 Å². The summed E-state index contributed by atoms with van der Waals surface area (Å²) >= 11 is 0. The van der Waals surface area contributed by atoms with Crippen LogP contribution in [0.5, 0.6) is 5.88 Å². The molecule has 176 valence electrons. The summed E-state index contributed by atoms with van der Waals surface area (Å²) in [5.74, 6) is -0.512. The second-order valence-electron chi connectivity index (χ2n) is 8.03. The van der Waals surface area contributed by atoms with Gasteiger partial charge in [-0.2, -0.15) is 0 Å². The van der Waals surface area contributed by atoms with Crippen LogP contribution < -0.4 is 16.9 Å². The molecule has 0 spiro atoms. The third-order valence-electron chi connectivity index (χ3n) is 6.11. The van der Waals surface area contributed by atoms with Gasteiger partial charge in [-0.15, -0.1) is 0 Å². The fraction of sp³-hybridized carbons (Fsp3) is 0.154. The highest BCUT2D eigenvalue weighted by Gasteiger charge is 2.16. The van der Waals surface area contributed by atoms with Crippen molar-refractivity contribution >= 4 is 33.7 Å². The lowest BCUT2D eigenvalue weighted by Gasteiger charge is -2.12. The minimum absolute atomic E-state index is 0.0950. The maximum atomic E-state index is 12.7. The lowest BCUT2D eigenvalue weighted by molar-refractivity contribution is 0.430. The predicted octanol–water partition coefficient (Wildman–Crippen LogP) is 3.29. The number of hydrogen-bond acceptors (Lipinski definition) is 5. The van der Waals surface area contributed by atoms with Gasteiger partial charge in [0, 0.05) is 24.7 Å². The van der Waals surface area contributed by atoms with Crippen LogP contribution in [0.25, 0.3) is 27.5 Å². The number of aromatic nitrogens is 4. The molecule has 0 radical (unpaired) electrons. The molecule has 2 N–H and O–H groups in total. The number of hydrogen-bond donors (Lipinski definition) is 2. The minimum Gasteiger partial charge on any atom is -0.493 e. The van der Waals surface area contributed by atoms with E-state index in [1.807, 2.05) is 44.2 Å². The van der Waals surface area contributed by atoms with Crippen molar-refractivity contribution in [2.24, 2.45) is 4.99 Å². The summed E-state index contributed by atoms with van der Waals surface area (Å²) in [5, 5.41) is 12.6. The van der Waals surface area contributed by atoms with Crippen LogP contribution in [0, 0.1) is 0 Å². The highest BCUT2D eigenvalue weighted by atomic mass is 16.3. The quantitative estimate of drug-likeness (QED) is 0.385. The predicted molar refractivity (Wildman–Crippen MR) is 137 cm³/mol. The highest BCUT2D eigenvalue weighted by molar-refractivity contribution is 5.91. The van der Waals surface area contributed by atoms with Crippen molar-refractivity contribution in [3.63, 3.8) is 0 Å². The number of aliphatic imine (C=N–C) groups is 1. The Morgan fingerprint density at radius 2 is 1.63 bits per heavy atom. The largest absolute Gasteiger partial charge is 0.493 e. The molecule has 0 aliphatic carbocycles. The lowest BCUT2D eigenvalue weighted by Crippen LogP contribution is -2.31. The molecule has 3 aromatic carbocycles. The molecule has 2 heterocycles. The zero-order chi connectivity index (χ0) is 24.7. The molecule has 35 heavy (non-hydrogen) atoms. The first-order valence-corrected chi connectivity index (χ1v) is 11.3. The zero-order valence-corrected chi connectivity index (χ0v) is 19.2. The molecule has 0 aliphatic heterocycles. The Labute approximate surface area is 198 Å². The third-order valence-corrected chi connectivity index (χ3v) is 6.11. The molecular weight excluding hydrogens is 446 g/mol. The van der Waals surface area contributed by atoms with E-state index in [-0.39, 0.29) is 11.3 Å². The molecule has 0 atom stereocenters. The second-order valence-corrected chi connectivity index (χ2v) is 8.03. The average molecular weight is 470 g/mol. The fourth-order valence-electron chi connectivity index (χ4n) is 4.42. The van der Waals surface area contributed by atoms with Crippen LogP contribution in [-0.2, 0) is 13.1 Å². The lowest BCUT2D eigenvalue weighted by atomic mass is 10.1. The number of fused-ring (bicyclic) bond motifs is 2. The molecular formula is C26H23N5O4. The standard InChI is InChI=1S/C26H23N5O4/c1-3-29-21-13-12-17(14-22(21)30(4-2)26(29)35)27-15-19-23(32)28-25(34)31(24(19)33)20-11-7-9-16-8-5-6-10-18(16)20/h5-15,33H,3-4H2,1-2H3,(H,28,32,34). The van der Waals surface area contributed by atoms with E-state index in [0.717, 1.165) is 26.4 Å². The van der Waals surface area contributed by atoms with E-state index in [4.69, 9.17) is 0 Å². The van der Waals surface area contributed by atoms with E-state index in [9.17, 15) is 19.5 Å². The Hall–Kier alpha value is -4.66. The molecule has 0 saturated heterocycles. The molecule has 5 rings (SSSR count). The van der Waals surface area contributed by atoms with Gasteiger partial charge in [-0.3, -0.25) is 23.9 Å². The summed E-state index contributed by atoms with van der Waals surface area (Å²) in [6, 6.07) is 18.1.